The van der Waals surface area contributed by atoms with Crippen molar-refractivity contribution in [2.45, 2.75) is 185 Å². The summed E-state index contributed by atoms with van der Waals surface area (Å²) in [6.45, 7) is 20.0. The summed E-state index contributed by atoms with van der Waals surface area (Å²) in [5.41, 5.74) is 4.26. The minimum Gasteiger partial charge on any atom is -0.463 e. The highest BCUT2D eigenvalue weighted by Crippen LogP contribution is 2.39. The largest absolute Gasteiger partial charge is 0.463 e. The standard InChI is InChI=1S/C32H42N2O4.C23H25NO5S.C23H25NO4S.C12H6/c1-2-29(35)38-23-14-10-13-22-33-28-21-20-27-30-25(28)18-15-19-26(30)31(36)34(32(27)37)24-16-11-8-6-4-3-5-7-9-12-17-24;1-3-5-6-7-13-24-22(26)17-10-8-9-16-19(12-11-18(21(16)17)23(24)27)30(28)15-14-29-20(25)4-2;1-3-5-6-7-13-24-22(26)17-10-8-9-16-19(29-15-14-28-20(25)4-2)12-11-18(21(16)17)23(24)27;1-3-5-7-9-11-12-10-8-6-4-2/h2,15,18-21,24,33H,1,3-14,16-17,22-23H2;4,8-12H,2-3,5-7,13-15H2,1H3;4,8-12H,2-3,5-7,13-15H2,1H3;1-2H3. The molecule has 1 saturated carbocycles. The van der Waals surface area contributed by atoms with Crippen molar-refractivity contribution in [3.63, 3.8) is 0 Å². The third-order valence-corrected chi connectivity index (χ3v) is 21.1. The van der Waals surface area contributed by atoms with Crippen LogP contribution in [0.3, 0.4) is 0 Å². The van der Waals surface area contributed by atoms with Crippen LogP contribution in [0.25, 0.3) is 32.3 Å². The van der Waals surface area contributed by atoms with Crippen molar-refractivity contribution < 1.29 is 61.6 Å². The van der Waals surface area contributed by atoms with Crippen LogP contribution in [0.4, 0.5) is 5.69 Å². The first-order chi connectivity index (χ1) is 53.1. The van der Waals surface area contributed by atoms with Gasteiger partial charge in [0, 0.05) is 120 Å². The molecule has 1 unspecified atom stereocenters. The van der Waals surface area contributed by atoms with E-state index in [1.165, 1.54) is 72.6 Å². The Morgan fingerprint density at radius 1 is 0.468 bits per heavy atom. The second-order valence-corrected chi connectivity index (χ2v) is 28.8. The smallest absolute Gasteiger partial charge is 0.330 e. The topological polar surface area (TPSA) is 220 Å². The number of anilines is 1. The van der Waals surface area contributed by atoms with Crippen LogP contribution in [-0.4, -0.2) is 129 Å². The number of unbranched alkanes of at least 4 members (excludes halogenated alkanes) is 8. The van der Waals surface area contributed by atoms with Gasteiger partial charge >= 0.3 is 17.9 Å². The number of imide groups is 3. The number of hydrogen-bond donors (Lipinski definition) is 1. The van der Waals surface area contributed by atoms with Crippen molar-refractivity contribution in [2.24, 2.45) is 0 Å². The molecule has 3 aliphatic heterocycles. The maximum Gasteiger partial charge on any atom is 0.330 e. The Balaban J connectivity index is 0.000000213. The number of nitrogens with one attached hydrogen (secondary N) is 1. The van der Waals surface area contributed by atoms with Crippen LogP contribution in [-0.2, 0) is 39.4 Å². The van der Waals surface area contributed by atoms with E-state index in [1.807, 2.05) is 48.5 Å². The normalized spacial score (nSPS) is 13.9. The van der Waals surface area contributed by atoms with Gasteiger partial charge in [-0.25, -0.2) is 14.4 Å². The van der Waals surface area contributed by atoms with E-state index in [0.717, 1.165) is 147 Å². The Hall–Kier alpha value is -10.8. The average Bonchev–Trinajstić information content (AvgIpc) is 0.755. The lowest BCUT2D eigenvalue weighted by atomic mass is 9.90. The minimum atomic E-state index is -1.46. The van der Waals surface area contributed by atoms with Crippen LogP contribution in [0, 0.1) is 59.2 Å². The second-order valence-electron chi connectivity index (χ2n) is 26.1. The molecule has 6 aromatic carbocycles. The second kappa shape index (κ2) is 46.5. The lowest BCUT2D eigenvalue weighted by Gasteiger charge is -2.34. The molecule has 4 aliphatic rings. The molecule has 1 aliphatic carbocycles. The third-order valence-electron chi connectivity index (χ3n) is 18.7. The van der Waals surface area contributed by atoms with Crippen molar-refractivity contribution in [3.8, 4) is 59.2 Å². The summed E-state index contributed by atoms with van der Waals surface area (Å²) in [5, 5.41) is 7.94. The number of ether oxygens (including phenoxy) is 3. The molecule has 109 heavy (non-hydrogen) atoms. The number of esters is 3. The van der Waals surface area contributed by atoms with E-state index in [0.29, 0.717) is 74.5 Å². The fraction of sp³-hybridized carbons (Fsp3) is 0.389. The molecule has 0 spiro atoms. The molecule has 19 heteroatoms. The molecule has 1 N–H and O–H groups in total. The molecular formula is C90H98N4O13S2. The summed E-state index contributed by atoms with van der Waals surface area (Å²) >= 11 is 1.53. The number of hydrogen-bond acceptors (Lipinski definition) is 15. The molecule has 0 bridgehead atoms. The van der Waals surface area contributed by atoms with Gasteiger partial charge in [-0.1, -0.05) is 178 Å². The van der Waals surface area contributed by atoms with E-state index in [2.05, 4.69) is 98.1 Å². The van der Waals surface area contributed by atoms with Crippen molar-refractivity contribution >= 4 is 114 Å². The Kier molecular flexibility index (Phi) is 36.4. The van der Waals surface area contributed by atoms with Crippen LogP contribution in [0.1, 0.15) is 231 Å². The summed E-state index contributed by atoms with van der Waals surface area (Å²) in [6.07, 6.45) is 26.6. The lowest BCUT2D eigenvalue weighted by Crippen LogP contribution is -2.47. The van der Waals surface area contributed by atoms with Crippen LogP contribution < -0.4 is 5.32 Å². The highest BCUT2D eigenvalue weighted by atomic mass is 32.2. The van der Waals surface area contributed by atoms with Gasteiger partial charge in [-0.15, -0.1) is 11.8 Å². The monoisotopic (exact) mass is 1510 g/mol. The van der Waals surface area contributed by atoms with Crippen LogP contribution in [0.15, 0.2) is 139 Å². The zero-order valence-corrected chi connectivity index (χ0v) is 64.9. The van der Waals surface area contributed by atoms with Gasteiger partial charge in [0.05, 0.1) is 23.2 Å². The van der Waals surface area contributed by atoms with Crippen LogP contribution in [0.5, 0.6) is 0 Å². The first kappa shape index (κ1) is 85.5. The van der Waals surface area contributed by atoms with Crippen molar-refractivity contribution in [1.29, 1.82) is 0 Å². The molecule has 6 aromatic rings. The van der Waals surface area contributed by atoms with Gasteiger partial charge in [-0.2, -0.15) is 0 Å². The molecule has 0 aromatic heterocycles. The average molecular weight is 1510 g/mol. The molecule has 17 nitrogen and oxygen atoms in total. The summed E-state index contributed by atoms with van der Waals surface area (Å²) in [5.74, 6) is 23.5. The highest BCUT2D eigenvalue weighted by molar-refractivity contribution is 7.99. The van der Waals surface area contributed by atoms with Crippen LogP contribution in [0.2, 0.25) is 0 Å². The number of carbonyl (C=O) groups excluding carboxylic acids is 9. The van der Waals surface area contributed by atoms with E-state index in [4.69, 9.17) is 14.2 Å². The zero-order valence-electron chi connectivity index (χ0n) is 63.3. The van der Waals surface area contributed by atoms with Crippen molar-refractivity contribution in [3.05, 3.63) is 162 Å². The van der Waals surface area contributed by atoms with Gasteiger partial charge in [0.15, 0.2) is 0 Å². The van der Waals surface area contributed by atoms with E-state index >= 15 is 0 Å². The van der Waals surface area contributed by atoms with Gasteiger partial charge < -0.3 is 19.5 Å². The van der Waals surface area contributed by atoms with E-state index in [-0.39, 0.29) is 66.4 Å². The molecule has 3 heterocycles. The molecule has 6 amide bonds. The summed E-state index contributed by atoms with van der Waals surface area (Å²) in [6, 6.07) is 27.4. The maximum absolute atomic E-state index is 13.8. The number of carbonyl (C=O) groups is 9. The van der Waals surface area contributed by atoms with Crippen LogP contribution >= 0.6 is 11.8 Å². The Morgan fingerprint density at radius 2 is 0.881 bits per heavy atom. The third kappa shape index (κ3) is 24.4. The first-order valence-corrected chi connectivity index (χ1v) is 40.1. The van der Waals surface area contributed by atoms with Gasteiger partial charge in [0.1, 0.15) is 13.2 Å². The molecule has 1 fully saturated rings. The van der Waals surface area contributed by atoms with Gasteiger partial charge in [0.25, 0.3) is 35.4 Å². The number of rotatable bonds is 29. The zero-order chi connectivity index (χ0) is 78.3. The Morgan fingerprint density at radius 3 is 1.39 bits per heavy atom. The predicted octanol–water partition coefficient (Wildman–Crippen LogP) is 17.2. The van der Waals surface area contributed by atoms with E-state index in [1.54, 1.807) is 61.2 Å². The van der Waals surface area contributed by atoms with E-state index < -0.39 is 22.7 Å². The SMILES string of the molecule is C=CC(=O)OCCCCCNc1ccc2c3c(cccc13)C(=O)N(C1CCCCCCCCCCC1)C2=O.C=CC(=O)OCCS(=O)c1ccc2c3c(cccc13)C(=O)N(CCCCCC)C2=O.C=CC(=O)OCCSc1ccc2c3c(cccc13)C(=O)N(CCCCCC)C2=O.CC#CC#CC#CC#CC#CC. The summed E-state index contributed by atoms with van der Waals surface area (Å²) < 4.78 is 27.8. The highest BCUT2D eigenvalue weighted by Gasteiger charge is 2.39. The summed E-state index contributed by atoms with van der Waals surface area (Å²) in [4.78, 5) is 119. The van der Waals surface area contributed by atoms with Gasteiger partial charge in [-0.05, 0) is 172 Å². The lowest BCUT2D eigenvalue weighted by molar-refractivity contribution is -0.138. The fourth-order valence-electron chi connectivity index (χ4n) is 13.3. The van der Waals surface area contributed by atoms with Crippen molar-refractivity contribution in [1.82, 2.24) is 14.7 Å². The summed E-state index contributed by atoms with van der Waals surface area (Å²) in [7, 11) is -1.46. The fourth-order valence-corrected chi connectivity index (χ4v) is 15.2. The quantitative estimate of drug-likeness (QED) is 0.00878. The van der Waals surface area contributed by atoms with Gasteiger partial charge in [-0.3, -0.25) is 47.7 Å². The number of benzene rings is 6. The molecule has 0 saturated heterocycles. The van der Waals surface area contributed by atoms with Crippen molar-refractivity contribution in [2.75, 3.05) is 56.3 Å². The Labute approximate surface area is 649 Å². The molecular weight excluding hydrogens is 1410 g/mol. The predicted molar refractivity (Wildman–Crippen MR) is 434 cm³/mol. The number of nitrogens with zero attached hydrogens (tertiary/aromatic N) is 3. The molecule has 10 rings (SSSR count). The van der Waals surface area contributed by atoms with E-state index in [9.17, 15) is 47.4 Å². The minimum absolute atomic E-state index is 0.0101. The molecule has 0 radical (unpaired) electrons. The number of thioether (sulfide) groups is 1. The van der Waals surface area contributed by atoms with Gasteiger partial charge in [0.2, 0.25) is 0 Å². The molecule has 568 valence electrons. The maximum atomic E-state index is 13.8. The first-order valence-electron chi connectivity index (χ1n) is 37.8. The Bertz CT molecular complexity index is 4590. The molecule has 1 atom stereocenters. The number of amides is 6.